The van der Waals surface area contributed by atoms with Gasteiger partial charge in [-0.1, -0.05) is 34.9 Å². The zero-order chi connectivity index (χ0) is 17.6. The highest BCUT2D eigenvalue weighted by molar-refractivity contribution is 8.00. The first-order valence-corrected chi connectivity index (χ1v) is 10.1. The van der Waals surface area contributed by atoms with Crippen molar-refractivity contribution in [3.05, 3.63) is 46.6 Å². The van der Waals surface area contributed by atoms with Gasteiger partial charge in [-0.25, -0.2) is 4.98 Å². The minimum Gasteiger partial charge on any atom is -0.355 e. The Morgan fingerprint density at radius 3 is 3.00 bits per heavy atom. The molecule has 0 spiro atoms. The lowest BCUT2D eigenvalue weighted by molar-refractivity contribution is -0.118. The van der Waals surface area contributed by atoms with Gasteiger partial charge in [-0.15, -0.1) is 11.8 Å². The molecule has 1 N–H and O–H groups in total. The average Bonchev–Trinajstić information content (AvgIpc) is 2.61. The van der Waals surface area contributed by atoms with Crippen molar-refractivity contribution in [3.8, 4) is 0 Å². The topological polar surface area (TPSA) is 42.0 Å². The highest BCUT2D eigenvalue weighted by atomic mass is 35.5. The van der Waals surface area contributed by atoms with Crippen LogP contribution in [0.15, 0.2) is 40.8 Å². The van der Waals surface area contributed by atoms with Crippen LogP contribution >= 0.6 is 23.4 Å². The highest BCUT2D eigenvalue weighted by Crippen LogP contribution is 2.30. The fraction of sp³-hybridized carbons (Fsp3) is 0.400. The molecule has 25 heavy (non-hydrogen) atoms. The van der Waals surface area contributed by atoms with Gasteiger partial charge in [0.05, 0.1) is 11.3 Å². The molecule has 5 heteroatoms. The Bertz CT molecular complexity index is 804. The van der Waals surface area contributed by atoms with Gasteiger partial charge in [0, 0.05) is 16.8 Å². The molecule has 0 unspecified atom stereocenters. The van der Waals surface area contributed by atoms with Crippen LogP contribution in [-0.4, -0.2) is 23.2 Å². The lowest BCUT2D eigenvalue weighted by atomic mass is 9.97. The van der Waals surface area contributed by atoms with Crippen molar-refractivity contribution in [3.63, 3.8) is 0 Å². The van der Waals surface area contributed by atoms with Gasteiger partial charge in [0.2, 0.25) is 5.91 Å². The fourth-order valence-corrected chi connectivity index (χ4v) is 4.25. The van der Waals surface area contributed by atoms with Crippen LogP contribution in [0.2, 0.25) is 5.15 Å². The molecule has 1 aromatic heterocycles. The summed E-state index contributed by atoms with van der Waals surface area (Å²) in [6.45, 7) is 2.78. The normalized spacial score (nSPS) is 14.4. The Labute approximate surface area is 158 Å². The van der Waals surface area contributed by atoms with Gasteiger partial charge in [0.25, 0.3) is 0 Å². The number of nitrogens with one attached hydrogen (secondary N) is 1. The number of carbonyl (C=O) groups excluding carboxylic acids is 1. The van der Waals surface area contributed by atoms with E-state index < -0.39 is 0 Å². The maximum Gasteiger partial charge on any atom is 0.230 e. The van der Waals surface area contributed by atoms with Gasteiger partial charge >= 0.3 is 0 Å². The molecule has 0 saturated carbocycles. The molecule has 3 rings (SSSR count). The quantitative estimate of drug-likeness (QED) is 0.424. The molecule has 1 amide bonds. The van der Waals surface area contributed by atoms with E-state index in [1.54, 1.807) is 0 Å². The van der Waals surface area contributed by atoms with Gasteiger partial charge < -0.3 is 5.32 Å². The van der Waals surface area contributed by atoms with E-state index in [1.807, 2.05) is 18.2 Å². The molecule has 1 aliphatic carbocycles. The van der Waals surface area contributed by atoms with E-state index in [4.69, 9.17) is 11.6 Å². The van der Waals surface area contributed by atoms with Crippen LogP contribution < -0.4 is 5.32 Å². The molecule has 0 radical (unpaired) electrons. The Hall–Kier alpha value is -1.52. The predicted molar refractivity (Wildman–Crippen MR) is 106 cm³/mol. The first-order valence-electron chi connectivity index (χ1n) is 8.76. The number of aromatic nitrogens is 1. The fourth-order valence-electron chi connectivity index (χ4n) is 3.09. The molecule has 0 aliphatic heterocycles. The van der Waals surface area contributed by atoms with Crippen LogP contribution in [0.1, 0.15) is 37.7 Å². The lowest BCUT2D eigenvalue weighted by Gasteiger charge is -2.13. The van der Waals surface area contributed by atoms with E-state index in [1.165, 1.54) is 48.6 Å². The summed E-state index contributed by atoms with van der Waals surface area (Å²) in [5, 5.41) is 4.54. The number of rotatable bonds is 6. The van der Waals surface area contributed by atoms with Crippen LogP contribution in [-0.2, 0) is 4.79 Å². The predicted octanol–water partition coefficient (Wildman–Crippen LogP) is 5.30. The third-order valence-corrected chi connectivity index (χ3v) is 5.66. The van der Waals surface area contributed by atoms with Crippen LogP contribution in [0.5, 0.6) is 0 Å². The van der Waals surface area contributed by atoms with Gasteiger partial charge in [0.15, 0.2) is 0 Å². The average molecular weight is 375 g/mol. The number of allylic oxidation sites excluding steroid dienone is 1. The summed E-state index contributed by atoms with van der Waals surface area (Å²) in [6, 6.07) is 7.92. The van der Waals surface area contributed by atoms with Crippen LogP contribution in [0, 0.1) is 6.92 Å². The van der Waals surface area contributed by atoms with Gasteiger partial charge in [-0.3, -0.25) is 4.79 Å². The number of pyridine rings is 1. The van der Waals surface area contributed by atoms with E-state index >= 15 is 0 Å². The first kappa shape index (κ1) is 18.3. The molecule has 1 aliphatic rings. The molecule has 1 heterocycles. The molecule has 0 fully saturated rings. The van der Waals surface area contributed by atoms with Crippen molar-refractivity contribution in [1.82, 2.24) is 10.3 Å². The van der Waals surface area contributed by atoms with Crippen molar-refractivity contribution in [2.75, 3.05) is 12.3 Å². The van der Waals surface area contributed by atoms with E-state index in [-0.39, 0.29) is 5.91 Å². The number of thioether (sulfide) groups is 1. The van der Waals surface area contributed by atoms with E-state index in [2.05, 4.69) is 29.4 Å². The minimum absolute atomic E-state index is 0.0650. The number of benzene rings is 1. The zero-order valence-corrected chi connectivity index (χ0v) is 16.1. The SMILES string of the molecule is Cc1ccc2nc(Cl)cc(SCC(=O)NCCC3=CCCCC3)c2c1. The summed E-state index contributed by atoms with van der Waals surface area (Å²) in [6.07, 6.45) is 8.26. The maximum atomic E-state index is 12.1. The van der Waals surface area contributed by atoms with E-state index in [9.17, 15) is 4.79 Å². The Morgan fingerprint density at radius 1 is 1.32 bits per heavy atom. The maximum absolute atomic E-state index is 12.1. The molecule has 0 bridgehead atoms. The van der Waals surface area contributed by atoms with Gasteiger partial charge in [-0.2, -0.15) is 0 Å². The van der Waals surface area contributed by atoms with Crippen molar-refractivity contribution >= 4 is 40.2 Å². The van der Waals surface area contributed by atoms with Crippen LogP contribution in [0.4, 0.5) is 0 Å². The molecular formula is C20H23ClN2OS. The van der Waals surface area contributed by atoms with Gasteiger partial charge in [-0.05, 0) is 57.2 Å². The number of halogens is 1. The largest absolute Gasteiger partial charge is 0.355 e. The van der Waals surface area contributed by atoms with Crippen molar-refractivity contribution in [1.29, 1.82) is 0 Å². The van der Waals surface area contributed by atoms with Crippen molar-refractivity contribution < 1.29 is 4.79 Å². The number of aryl methyl sites for hydroxylation is 1. The Morgan fingerprint density at radius 2 is 2.20 bits per heavy atom. The summed E-state index contributed by atoms with van der Waals surface area (Å²) in [5.41, 5.74) is 3.52. The number of hydrogen-bond donors (Lipinski definition) is 1. The Balaban J connectivity index is 1.55. The minimum atomic E-state index is 0.0650. The lowest BCUT2D eigenvalue weighted by Crippen LogP contribution is -2.26. The van der Waals surface area contributed by atoms with Gasteiger partial charge in [0.1, 0.15) is 5.15 Å². The summed E-state index contributed by atoms with van der Waals surface area (Å²) in [5.74, 6) is 0.456. The van der Waals surface area contributed by atoms with Crippen molar-refractivity contribution in [2.45, 2.75) is 43.9 Å². The van der Waals surface area contributed by atoms with Crippen LogP contribution in [0.3, 0.4) is 0 Å². The highest BCUT2D eigenvalue weighted by Gasteiger charge is 2.09. The molecule has 1 aromatic carbocycles. The molecule has 0 atom stereocenters. The molecule has 2 aromatic rings. The van der Waals surface area contributed by atoms with Crippen LogP contribution in [0.25, 0.3) is 10.9 Å². The number of carbonyl (C=O) groups is 1. The number of nitrogens with zero attached hydrogens (tertiary/aromatic N) is 1. The Kier molecular flexibility index (Phi) is 6.38. The first-order chi connectivity index (χ1) is 12.1. The summed E-state index contributed by atoms with van der Waals surface area (Å²) in [7, 11) is 0. The third kappa shape index (κ3) is 5.23. The second-order valence-corrected chi connectivity index (χ2v) is 7.86. The molecule has 0 saturated heterocycles. The summed E-state index contributed by atoms with van der Waals surface area (Å²) in [4.78, 5) is 17.5. The second-order valence-electron chi connectivity index (χ2n) is 6.46. The second kappa shape index (κ2) is 8.72. The zero-order valence-electron chi connectivity index (χ0n) is 14.5. The monoisotopic (exact) mass is 374 g/mol. The van der Waals surface area contributed by atoms with Crippen molar-refractivity contribution in [2.24, 2.45) is 0 Å². The summed E-state index contributed by atoms with van der Waals surface area (Å²) >= 11 is 7.63. The standard InChI is InChI=1S/C20H23ClN2OS/c1-14-7-8-17-16(11-14)18(12-19(21)23-17)25-13-20(24)22-10-9-15-5-3-2-4-6-15/h5,7-8,11-12H,2-4,6,9-10,13H2,1H3,(H,22,24). The van der Waals surface area contributed by atoms with E-state index in [0.29, 0.717) is 10.9 Å². The summed E-state index contributed by atoms with van der Waals surface area (Å²) < 4.78 is 0. The number of fused-ring (bicyclic) bond motifs is 1. The van der Waals surface area contributed by atoms with E-state index in [0.717, 1.165) is 28.8 Å². The number of hydrogen-bond acceptors (Lipinski definition) is 3. The molecule has 3 nitrogen and oxygen atoms in total. The smallest absolute Gasteiger partial charge is 0.230 e. The molecule has 132 valence electrons. The third-order valence-electron chi connectivity index (χ3n) is 4.41. The number of amides is 1. The molecular weight excluding hydrogens is 352 g/mol.